The molecule has 0 bridgehead atoms. The lowest BCUT2D eigenvalue weighted by atomic mass is 9.72. The molecule has 0 aromatic rings. The van der Waals surface area contributed by atoms with Crippen LogP contribution in [0.25, 0.3) is 0 Å². The molecule has 1 nitrogen and oxygen atoms in total. The first kappa shape index (κ1) is 34.4. The van der Waals surface area contributed by atoms with Crippen molar-refractivity contribution in [2.24, 2.45) is 23.7 Å². The van der Waals surface area contributed by atoms with Gasteiger partial charge in [0.05, 0.1) is 0 Å². The average Bonchev–Trinajstić information content (AvgIpc) is 3.20. The first-order chi connectivity index (χ1) is 25.6. The van der Waals surface area contributed by atoms with E-state index in [0.29, 0.717) is 23.9 Å². The molecular formula is C51H61N. The smallest absolute Gasteiger partial charge is 0.0397 e. The normalized spacial score (nSPS) is 36.0. The van der Waals surface area contributed by atoms with Crippen molar-refractivity contribution in [1.82, 2.24) is 4.90 Å². The highest BCUT2D eigenvalue weighted by atomic mass is 15.2. The average molecular weight is 688 g/mol. The van der Waals surface area contributed by atoms with E-state index in [2.05, 4.69) is 110 Å². The van der Waals surface area contributed by atoms with Crippen LogP contribution in [0.3, 0.4) is 0 Å². The predicted molar refractivity (Wildman–Crippen MR) is 221 cm³/mol. The zero-order valence-electron chi connectivity index (χ0n) is 32.1. The first-order valence-corrected chi connectivity index (χ1v) is 21.4. The van der Waals surface area contributed by atoms with Gasteiger partial charge in [-0.25, -0.2) is 0 Å². The van der Waals surface area contributed by atoms with Gasteiger partial charge < -0.3 is 0 Å². The summed E-state index contributed by atoms with van der Waals surface area (Å²) in [4.78, 5) is 3.01. The van der Waals surface area contributed by atoms with E-state index in [1.54, 1.807) is 50.2 Å². The Morgan fingerprint density at radius 3 is 2.31 bits per heavy atom. The molecule has 6 atom stereocenters. The van der Waals surface area contributed by atoms with Crippen LogP contribution >= 0.6 is 0 Å². The molecule has 52 heavy (non-hydrogen) atoms. The predicted octanol–water partition coefficient (Wildman–Crippen LogP) is 13.2. The Labute approximate surface area is 315 Å². The molecular weight excluding hydrogens is 627 g/mol. The van der Waals surface area contributed by atoms with Crippen LogP contribution in [0.1, 0.15) is 117 Å². The Morgan fingerprint density at radius 1 is 0.654 bits per heavy atom. The lowest BCUT2D eigenvalue weighted by Gasteiger charge is -2.46. The maximum Gasteiger partial charge on any atom is 0.0397 e. The third-order valence-electron chi connectivity index (χ3n) is 14.3. The second-order valence-electron chi connectivity index (χ2n) is 17.3. The van der Waals surface area contributed by atoms with Crippen molar-refractivity contribution in [3.63, 3.8) is 0 Å². The maximum atomic E-state index is 3.01. The van der Waals surface area contributed by atoms with E-state index in [1.165, 1.54) is 88.2 Å². The SMILES string of the molecule is CCCC1C=CC(C2=CC=C3/C(C)=C4\C=CCC\C4=C(/C4=CC=C(C5=C6C=CCCC6=CCC5)CC4)CN(C4C=C[C@H]5CCC=CC5C4)C3C2)CC1. The quantitative estimate of drug-likeness (QED) is 0.251. The van der Waals surface area contributed by atoms with Crippen molar-refractivity contribution in [3.8, 4) is 0 Å². The third-order valence-corrected chi connectivity index (χ3v) is 14.3. The monoisotopic (exact) mass is 687 g/mol. The van der Waals surface area contributed by atoms with E-state index < -0.39 is 0 Å². The Morgan fingerprint density at radius 2 is 1.48 bits per heavy atom. The minimum absolute atomic E-state index is 0.410. The zero-order valence-corrected chi connectivity index (χ0v) is 32.1. The van der Waals surface area contributed by atoms with Gasteiger partial charge in [0.15, 0.2) is 0 Å². The molecule has 1 aliphatic heterocycles. The Hall–Kier alpha value is -3.42. The van der Waals surface area contributed by atoms with Crippen molar-refractivity contribution in [2.45, 2.75) is 129 Å². The molecule has 0 radical (unpaired) electrons. The van der Waals surface area contributed by atoms with E-state index in [1.807, 2.05) is 0 Å². The largest absolute Gasteiger partial charge is 0.285 e. The van der Waals surface area contributed by atoms with Crippen LogP contribution in [0, 0.1) is 23.7 Å². The first-order valence-electron chi connectivity index (χ1n) is 21.4. The van der Waals surface area contributed by atoms with E-state index >= 15 is 0 Å². The Balaban J connectivity index is 1.11. The van der Waals surface area contributed by atoms with E-state index in [9.17, 15) is 0 Å². The third kappa shape index (κ3) is 6.66. The van der Waals surface area contributed by atoms with E-state index in [0.717, 1.165) is 44.1 Å². The van der Waals surface area contributed by atoms with Crippen LogP contribution in [0.2, 0.25) is 0 Å². The van der Waals surface area contributed by atoms with Crippen molar-refractivity contribution < 1.29 is 0 Å². The second-order valence-corrected chi connectivity index (χ2v) is 17.3. The molecule has 8 aliphatic carbocycles. The molecule has 0 fully saturated rings. The van der Waals surface area contributed by atoms with Crippen LogP contribution in [0.15, 0.2) is 152 Å². The van der Waals surface area contributed by atoms with Gasteiger partial charge in [-0.2, -0.15) is 0 Å². The molecule has 0 spiro atoms. The second kappa shape index (κ2) is 15.1. The lowest BCUT2D eigenvalue weighted by Crippen LogP contribution is -2.49. The molecule has 1 heteroatoms. The summed E-state index contributed by atoms with van der Waals surface area (Å²) in [5, 5.41) is 0. The van der Waals surface area contributed by atoms with Crippen LogP contribution in [-0.4, -0.2) is 23.5 Å². The van der Waals surface area contributed by atoms with Crippen LogP contribution in [-0.2, 0) is 0 Å². The van der Waals surface area contributed by atoms with Gasteiger partial charge in [-0.15, -0.1) is 0 Å². The van der Waals surface area contributed by atoms with Crippen molar-refractivity contribution in [2.75, 3.05) is 6.54 Å². The van der Waals surface area contributed by atoms with Gasteiger partial charge in [0.1, 0.15) is 0 Å². The standard InChI is InChI=1S/C51H61N/c1-3-11-36-20-22-38(23-21-36)43-29-31-46-35(2)45-16-8-9-18-49(45)50(34-52(51(46)33-43)44-30-28-37-12-4-5-14-42(37)32-44)41-26-24-40(25-27-41)48-19-10-15-39-13-6-7-17-47(39)48/h5,7-8,14-17,20,22,24,26,28-31,36-38,42,44,51H,3-4,6,9-13,18-19,21,23,25,27,32-34H2,1-2H3/b45-35+,50-49+/t36?,37-,38?,42?,44?,51?/m1/s1. The minimum Gasteiger partial charge on any atom is -0.285 e. The molecule has 0 amide bonds. The summed E-state index contributed by atoms with van der Waals surface area (Å²) >= 11 is 0. The fourth-order valence-corrected chi connectivity index (χ4v) is 11.4. The molecule has 0 saturated heterocycles. The van der Waals surface area contributed by atoms with Gasteiger partial charge in [0.25, 0.3) is 0 Å². The molecule has 1 heterocycles. The highest BCUT2D eigenvalue weighted by Crippen LogP contribution is 2.47. The molecule has 270 valence electrons. The number of rotatable bonds is 6. The van der Waals surface area contributed by atoms with E-state index in [4.69, 9.17) is 0 Å². The Bertz CT molecular complexity index is 1860. The number of hydrogen-bond donors (Lipinski definition) is 0. The minimum atomic E-state index is 0.410. The highest BCUT2D eigenvalue weighted by molar-refractivity contribution is 5.62. The fraction of sp³-hybridized carbons (Fsp3) is 0.490. The van der Waals surface area contributed by atoms with E-state index in [-0.39, 0.29) is 0 Å². The van der Waals surface area contributed by atoms with Crippen molar-refractivity contribution in [3.05, 3.63) is 152 Å². The summed E-state index contributed by atoms with van der Waals surface area (Å²) in [6, 6.07) is 0.872. The lowest BCUT2D eigenvalue weighted by molar-refractivity contribution is 0.159. The number of hydrogen-bond acceptors (Lipinski definition) is 1. The molecule has 0 aromatic heterocycles. The van der Waals surface area contributed by atoms with Gasteiger partial charge in [-0.1, -0.05) is 110 Å². The van der Waals surface area contributed by atoms with Gasteiger partial charge >= 0.3 is 0 Å². The topological polar surface area (TPSA) is 3.24 Å². The molecule has 5 unspecified atom stereocenters. The summed E-state index contributed by atoms with van der Waals surface area (Å²) in [7, 11) is 0. The summed E-state index contributed by atoms with van der Waals surface area (Å²) in [6.07, 6.45) is 57.8. The van der Waals surface area contributed by atoms with Crippen molar-refractivity contribution in [1.29, 1.82) is 0 Å². The summed E-state index contributed by atoms with van der Waals surface area (Å²) in [5.41, 5.74) is 17.6. The van der Waals surface area contributed by atoms with Gasteiger partial charge in [-0.05, 0) is 183 Å². The van der Waals surface area contributed by atoms with Crippen LogP contribution < -0.4 is 0 Å². The number of fused-ring (bicyclic) bond motifs is 4. The molecule has 0 aromatic carbocycles. The van der Waals surface area contributed by atoms with Gasteiger partial charge in [0.2, 0.25) is 0 Å². The maximum absolute atomic E-state index is 3.01. The zero-order chi connectivity index (χ0) is 35.0. The number of allylic oxidation sites excluding steroid dienone is 20. The van der Waals surface area contributed by atoms with Gasteiger partial charge in [-0.3, -0.25) is 4.90 Å². The highest BCUT2D eigenvalue weighted by Gasteiger charge is 2.39. The Kier molecular flexibility index (Phi) is 10.0. The molecule has 0 N–H and O–H groups in total. The summed E-state index contributed by atoms with van der Waals surface area (Å²) < 4.78 is 0. The van der Waals surface area contributed by atoms with Crippen LogP contribution in [0.4, 0.5) is 0 Å². The van der Waals surface area contributed by atoms with Crippen LogP contribution in [0.5, 0.6) is 0 Å². The molecule has 9 aliphatic rings. The molecule has 9 rings (SSSR count). The van der Waals surface area contributed by atoms with Gasteiger partial charge in [0, 0.05) is 18.6 Å². The molecule has 0 saturated carbocycles. The summed E-state index contributed by atoms with van der Waals surface area (Å²) in [5.74, 6) is 2.77. The number of nitrogens with zero attached hydrogens (tertiary/aromatic N) is 1. The summed E-state index contributed by atoms with van der Waals surface area (Å²) in [6.45, 7) is 5.86. The fourth-order valence-electron chi connectivity index (χ4n) is 11.4. The van der Waals surface area contributed by atoms with Crippen molar-refractivity contribution >= 4 is 0 Å².